The van der Waals surface area contributed by atoms with Gasteiger partial charge in [0.15, 0.2) is 0 Å². The Hall–Kier alpha value is -2.17. The van der Waals surface area contributed by atoms with Crippen LogP contribution in [0.5, 0.6) is 0 Å². The molecule has 1 unspecified atom stereocenters. The highest BCUT2D eigenvalue weighted by Crippen LogP contribution is 2.35. The van der Waals surface area contributed by atoms with Gasteiger partial charge in [-0.3, -0.25) is 4.79 Å². The molecule has 0 fully saturated rings. The first-order valence-corrected chi connectivity index (χ1v) is 7.67. The van der Waals surface area contributed by atoms with Crippen LogP contribution >= 0.6 is 11.3 Å². The highest BCUT2D eigenvalue weighted by molar-refractivity contribution is 7.17. The molecule has 104 valence electrons. The number of rotatable bonds is 2. The average molecular weight is 295 g/mol. The normalized spacial score (nSPS) is 15.0. The Labute approximate surface area is 125 Å². The smallest absolute Gasteiger partial charge is 0.228 e. The van der Waals surface area contributed by atoms with Crippen molar-refractivity contribution < 1.29 is 9.90 Å². The van der Waals surface area contributed by atoms with Crippen molar-refractivity contribution in [2.75, 3.05) is 5.32 Å². The van der Waals surface area contributed by atoms with E-state index < -0.39 is 6.10 Å². The number of benzene rings is 2. The zero-order valence-electron chi connectivity index (χ0n) is 11.2. The lowest BCUT2D eigenvalue weighted by Crippen LogP contribution is -2.03. The largest absolute Gasteiger partial charge is 0.384 e. The minimum absolute atomic E-state index is 0.0117. The number of amides is 1. The van der Waals surface area contributed by atoms with Gasteiger partial charge < -0.3 is 10.4 Å². The van der Waals surface area contributed by atoms with E-state index in [9.17, 15) is 9.90 Å². The van der Waals surface area contributed by atoms with Crippen molar-refractivity contribution in [3.8, 4) is 0 Å². The summed E-state index contributed by atoms with van der Waals surface area (Å²) in [5, 5.41) is 16.6. The van der Waals surface area contributed by atoms with Gasteiger partial charge in [-0.15, -0.1) is 11.3 Å². The van der Waals surface area contributed by atoms with Gasteiger partial charge in [0.1, 0.15) is 6.10 Å². The molecule has 1 aliphatic rings. The van der Waals surface area contributed by atoms with Gasteiger partial charge in [0.25, 0.3) is 0 Å². The lowest BCUT2D eigenvalue weighted by molar-refractivity contribution is -0.115. The predicted molar refractivity (Wildman–Crippen MR) is 84.7 cm³/mol. The maximum Gasteiger partial charge on any atom is 0.228 e. The van der Waals surface area contributed by atoms with Crippen molar-refractivity contribution in [2.45, 2.75) is 12.5 Å². The van der Waals surface area contributed by atoms with Crippen LogP contribution in [-0.4, -0.2) is 11.0 Å². The van der Waals surface area contributed by atoms with Gasteiger partial charge in [-0.05, 0) is 34.0 Å². The van der Waals surface area contributed by atoms with Crippen LogP contribution in [0.15, 0.2) is 47.8 Å². The van der Waals surface area contributed by atoms with Crippen LogP contribution < -0.4 is 5.32 Å². The van der Waals surface area contributed by atoms with E-state index in [1.807, 2.05) is 41.8 Å². The summed E-state index contributed by atoms with van der Waals surface area (Å²) in [6.07, 6.45) is -0.276. The molecule has 1 aromatic heterocycles. The SMILES string of the molecule is O=C1Cc2cc(C(O)c3csc4ccccc34)ccc2N1. The second-order valence-electron chi connectivity index (χ2n) is 5.23. The number of nitrogens with one attached hydrogen (secondary N) is 1. The third-order valence-corrected chi connectivity index (χ3v) is 4.86. The number of aliphatic hydroxyl groups is 1. The molecular weight excluding hydrogens is 282 g/mol. The summed E-state index contributed by atoms with van der Waals surface area (Å²) >= 11 is 1.64. The predicted octanol–water partition coefficient (Wildman–Crippen LogP) is 3.48. The van der Waals surface area contributed by atoms with E-state index >= 15 is 0 Å². The standard InChI is InChI=1S/C17H13NO2S/c19-16-8-11-7-10(5-6-14(11)18-16)17(20)13-9-21-15-4-2-1-3-12(13)15/h1-7,9,17,20H,8H2,(H,18,19). The van der Waals surface area contributed by atoms with Gasteiger partial charge in [0.05, 0.1) is 6.42 Å². The summed E-state index contributed by atoms with van der Waals surface area (Å²) in [7, 11) is 0. The molecular formula is C17H13NO2S. The summed E-state index contributed by atoms with van der Waals surface area (Å²) in [6.45, 7) is 0. The Bertz CT molecular complexity index is 853. The van der Waals surface area contributed by atoms with E-state index in [0.29, 0.717) is 6.42 Å². The number of hydrogen-bond acceptors (Lipinski definition) is 3. The van der Waals surface area contributed by atoms with Gasteiger partial charge in [-0.25, -0.2) is 0 Å². The Morgan fingerprint density at radius 1 is 1.19 bits per heavy atom. The van der Waals surface area contributed by atoms with Gasteiger partial charge in [-0.2, -0.15) is 0 Å². The van der Waals surface area contributed by atoms with E-state index in [1.165, 1.54) is 4.70 Å². The fourth-order valence-electron chi connectivity index (χ4n) is 2.81. The van der Waals surface area contributed by atoms with Crippen molar-refractivity contribution >= 4 is 33.0 Å². The summed E-state index contributed by atoms with van der Waals surface area (Å²) in [5.74, 6) is 0.0117. The molecule has 3 nitrogen and oxygen atoms in total. The molecule has 0 saturated carbocycles. The van der Waals surface area contributed by atoms with Gasteiger partial charge in [0, 0.05) is 16.0 Å². The quantitative estimate of drug-likeness (QED) is 0.760. The molecule has 1 amide bonds. The number of anilines is 1. The van der Waals surface area contributed by atoms with Crippen LogP contribution in [0, 0.1) is 0 Å². The first-order chi connectivity index (χ1) is 10.2. The molecule has 0 bridgehead atoms. The molecule has 0 radical (unpaired) electrons. The molecule has 4 rings (SSSR count). The Balaban J connectivity index is 1.77. The number of fused-ring (bicyclic) bond motifs is 2. The number of carbonyl (C=O) groups is 1. The second-order valence-corrected chi connectivity index (χ2v) is 6.14. The first-order valence-electron chi connectivity index (χ1n) is 6.79. The Kier molecular flexibility index (Phi) is 2.80. The molecule has 1 atom stereocenters. The monoisotopic (exact) mass is 295 g/mol. The van der Waals surface area contributed by atoms with E-state index in [1.54, 1.807) is 11.3 Å². The van der Waals surface area contributed by atoms with Crippen LogP contribution in [0.2, 0.25) is 0 Å². The highest BCUT2D eigenvalue weighted by atomic mass is 32.1. The van der Waals surface area contributed by atoms with E-state index in [0.717, 1.165) is 27.8 Å². The van der Waals surface area contributed by atoms with Crippen LogP contribution in [-0.2, 0) is 11.2 Å². The van der Waals surface area contributed by atoms with Crippen molar-refractivity contribution in [2.24, 2.45) is 0 Å². The van der Waals surface area contributed by atoms with Crippen LogP contribution in [0.3, 0.4) is 0 Å². The Morgan fingerprint density at radius 3 is 2.95 bits per heavy atom. The number of aliphatic hydroxyl groups excluding tert-OH is 1. The zero-order chi connectivity index (χ0) is 14.4. The summed E-state index contributed by atoms with van der Waals surface area (Å²) in [4.78, 5) is 11.4. The van der Waals surface area contributed by atoms with Crippen LogP contribution in [0.4, 0.5) is 5.69 Å². The maximum atomic E-state index is 11.4. The molecule has 0 spiro atoms. The first kappa shape index (κ1) is 12.6. The average Bonchev–Trinajstić information content (AvgIpc) is 3.07. The van der Waals surface area contributed by atoms with Crippen molar-refractivity contribution in [1.82, 2.24) is 0 Å². The summed E-state index contributed by atoms with van der Waals surface area (Å²) in [5.41, 5.74) is 3.56. The fraction of sp³-hybridized carbons (Fsp3) is 0.118. The zero-order valence-corrected chi connectivity index (χ0v) is 12.0. The minimum Gasteiger partial charge on any atom is -0.384 e. The van der Waals surface area contributed by atoms with Crippen LogP contribution in [0.25, 0.3) is 10.1 Å². The molecule has 21 heavy (non-hydrogen) atoms. The molecule has 1 aliphatic heterocycles. The summed E-state index contributed by atoms with van der Waals surface area (Å²) in [6, 6.07) is 13.7. The topological polar surface area (TPSA) is 49.3 Å². The minimum atomic E-state index is -0.665. The van der Waals surface area contributed by atoms with Crippen LogP contribution in [0.1, 0.15) is 22.8 Å². The number of hydrogen-bond donors (Lipinski definition) is 2. The lowest BCUT2D eigenvalue weighted by Gasteiger charge is -2.12. The molecule has 4 heteroatoms. The van der Waals surface area contributed by atoms with E-state index in [4.69, 9.17) is 0 Å². The second kappa shape index (κ2) is 4.69. The Morgan fingerprint density at radius 2 is 2.05 bits per heavy atom. The summed E-state index contributed by atoms with van der Waals surface area (Å²) < 4.78 is 1.17. The molecule has 0 aliphatic carbocycles. The molecule has 0 saturated heterocycles. The van der Waals surface area contributed by atoms with Gasteiger partial charge >= 0.3 is 0 Å². The molecule has 2 heterocycles. The molecule has 3 aromatic rings. The fourth-order valence-corrected chi connectivity index (χ4v) is 3.79. The number of thiophene rings is 1. The molecule has 2 aromatic carbocycles. The van der Waals surface area contributed by atoms with Crippen molar-refractivity contribution in [3.63, 3.8) is 0 Å². The van der Waals surface area contributed by atoms with E-state index in [2.05, 4.69) is 11.4 Å². The third-order valence-electron chi connectivity index (χ3n) is 3.88. The van der Waals surface area contributed by atoms with Crippen molar-refractivity contribution in [1.29, 1.82) is 0 Å². The maximum absolute atomic E-state index is 11.4. The van der Waals surface area contributed by atoms with E-state index in [-0.39, 0.29) is 5.91 Å². The molecule has 2 N–H and O–H groups in total. The number of carbonyl (C=O) groups excluding carboxylic acids is 1. The van der Waals surface area contributed by atoms with Gasteiger partial charge in [-0.1, -0.05) is 30.3 Å². The lowest BCUT2D eigenvalue weighted by atomic mass is 9.98. The van der Waals surface area contributed by atoms with Crippen molar-refractivity contribution in [3.05, 3.63) is 64.5 Å². The van der Waals surface area contributed by atoms with Gasteiger partial charge in [0.2, 0.25) is 5.91 Å². The third kappa shape index (κ3) is 2.04. The highest BCUT2D eigenvalue weighted by Gasteiger charge is 2.21.